The van der Waals surface area contributed by atoms with Gasteiger partial charge in [0.2, 0.25) is 5.91 Å². The van der Waals surface area contributed by atoms with Crippen LogP contribution in [0.3, 0.4) is 0 Å². The van der Waals surface area contributed by atoms with Gasteiger partial charge in [-0.15, -0.1) is 22.7 Å². The molecular weight excluding hydrogens is 394 g/mol. The number of carbonyl (C=O) groups excluding carboxylic acids is 3. The second-order valence-corrected chi connectivity index (χ2v) is 9.36. The number of nitrogens with one attached hydrogen (secondary N) is 2. The molecule has 2 aromatic rings. The van der Waals surface area contributed by atoms with E-state index >= 15 is 0 Å². The first kappa shape index (κ1) is 19.1. The largest absolute Gasteiger partial charge is 0.337 e. The molecule has 1 aliphatic heterocycles. The van der Waals surface area contributed by atoms with Crippen molar-refractivity contribution in [2.45, 2.75) is 38.5 Å². The second kappa shape index (κ2) is 8.45. The molecule has 2 aliphatic rings. The number of hydrazine groups is 1. The minimum Gasteiger partial charge on any atom is -0.337 e. The summed E-state index contributed by atoms with van der Waals surface area (Å²) in [5, 5.41) is 1.87. The number of carbonyl (C=O) groups is 3. The summed E-state index contributed by atoms with van der Waals surface area (Å²) in [5.74, 6) is -0.844. The highest BCUT2D eigenvalue weighted by atomic mass is 32.1. The van der Waals surface area contributed by atoms with E-state index in [1.807, 2.05) is 17.5 Å². The molecule has 0 bridgehead atoms. The van der Waals surface area contributed by atoms with E-state index in [4.69, 9.17) is 0 Å². The van der Waals surface area contributed by atoms with Crippen molar-refractivity contribution in [3.63, 3.8) is 0 Å². The van der Waals surface area contributed by atoms with Gasteiger partial charge in [-0.3, -0.25) is 25.2 Å². The number of likely N-dealkylation sites (tertiary alicyclic amines) is 1. The summed E-state index contributed by atoms with van der Waals surface area (Å²) < 4.78 is 0. The summed E-state index contributed by atoms with van der Waals surface area (Å²) >= 11 is 2.93. The van der Waals surface area contributed by atoms with Gasteiger partial charge in [-0.25, -0.2) is 0 Å². The maximum atomic E-state index is 12.5. The fourth-order valence-electron chi connectivity index (χ4n) is 3.82. The van der Waals surface area contributed by atoms with Crippen molar-refractivity contribution in [1.82, 2.24) is 15.8 Å². The first-order valence-electron chi connectivity index (χ1n) is 9.66. The van der Waals surface area contributed by atoms with Crippen LogP contribution in [0, 0.1) is 5.92 Å². The van der Waals surface area contributed by atoms with E-state index in [9.17, 15) is 14.4 Å². The third-order valence-electron chi connectivity index (χ3n) is 5.33. The fraction of sp³-hybridized carbons (Fsp3) is 0.450. The fourth-order valence-corrected chi connectivity index (χ4v) is 5.66. The molecule has 1 saturated heterocycles. The predicted octanol–water partition coefficient (Wildman–Crippen LogP) is 3.00. The van der Waals surface area contributed by atoms with Crippen molar-refractivity contribution in [3.05, 3.63) is 43.8 Å². The Balaban J connectivity index is 1.31. The number of thiophene rings is 2. The van der Waals surface area contributed by atoms with E-state index in [-0.39, 0.29) is 23.6 Å². The molecule has 2 N–H and O–H groups in total. The van der Waals surface area contributed by atoms with Crippen LogP contribution in [0.25, 0.3) is 0 Å². The van der Waals surface area contributed by atoms with E-state index in [2.05, 4.69) is 10.9 Å². The molecule has 0 saturated carbocycles. The quantitative estimate of drug-likeness (QED) is 0.754. The maximum absolute atomic E-state index is 12.5. The smallest absolute Gasteiger partial charge is 0.279 e. The van der Waals surface area contributed by atoms with Crippen LogP contribution in [0.4, 0.5) is 0 Å². The first-order valence-corrected chi connectivity index (χ1v) is 11.4. The van der Waals surface area contributed by atoms with Crippen LogP contribution in [-0.2, 0) is 17.6 Å². The van der Waals surface area contributed by atoms with Crippen LogP contribution >= 0.6 is 22.7 Å². The number of fused-ring (bicyclic) bond motifs is 1. The summed E-state index contributed by atoms with van der Waals surface area (Å²) in [6, 6.07) is 5.60. The third kappa shape index (κ3) is 4.12. The van der Waals surface area contributed by atoms with Gasteiger partial charge in [0.05, 0.1) is 15.7 Å². The lowest BCUT2D eigenvalue weighted by atomic mass is 9.97. The summed E-state index contributed by atoms with van der Waals surface area (Å²) in [7, 11) is 0. The number of hydrogen-bond donors (Lipinski definition) is 2. The van der Waals surface area contributed by atoms with E-state index < -0.39 is 0 Å². The van der Waals surface area contributed by atoms with Crippen molar-refractivity contribution in [2.75, 3.05) is 13.1 Å². The zero-order valence-electron chi connectivity index (χ0n) is 15.5. The van der Waals surface area contributed by atoms with Crippen LogP contribution in [0.15, 0.2) is 23.6 Å². The Morgan fingerprint density at radius 3 is 2.71 bits per heavy atom. The first-order chi connectivity index (χ1) is 13.6. The minimum atomic E-state index is -0.311. The van der Waals surface area contributed by atoms with Gasteiger partial charge in [0.15, 0.2) is 0 Å². The van der Waals surface area contributed by atoms with Gasteiger partial charge in [-0.2, -0.15) is 0 Å². The third-order valence-corrected chi connectivity index (χ3v) is 7.42. The summed E-state index contributed by atoms with van der Waals surface area (Å²) in [5.41, 5.74) is 6.37. The van der Waals surface area contributed by atoms with Crippen molar-refractivity contribution in [3.8, 4) is 0 Å². The Labute approximate surface area is 171 Å². The van der Waals surface area contributed by atoms with E-state index in [0.29, 0.717) is 29.3 Å². The second-order valence-electron chi connectivity index (χ2n) is 7.28. The van der Waals surface area contributed by atoms with Gasteiger partial charge in [-0.1, -0.05) is 6.07 Å². The minimum absolute atomic E-state index is 0.0271. The normalized spacial score (nSPS) is 19.0. The molecule has 8 heteroatoms. The zero-order chi connectivity index (χ0) is 19.5. The maximum Gasteiger partial charge on any atom is 0.279 e. The number of piperidine rings is 1. The Morgan fingerprint density at radius 2 is 1.93 bits per heavy atom. The Kier molecular flexibility index (Phi) is 5.77. The molecule has 0 unspecified atom stereocenters. The monoisotopic (exact) mass is 417 g/mol. The molecule has 148 valence electrons. The van der Waals surface area contributed by atoms with E-state index in [1.54, 1.807) is 11.0 Å². The van der Waals surface area contributed by atoms with Gasteiger partial charge in [0.25, 0.3) is 11.8 Å². The Hall–Kier alpha value is -2.19. The molecule has 0 radical (unpaired) electrons. The van der Waals surface area contributed by atoms with Gasteiger partial charge in [0.1, 0.15) is 0 Å². The Bertz CT molecular complexity index is 852. The standard InChI is InChI=1S/C20H23N3O3S2/c24-18(14-6-3-9-23(12-14)20(26)16-8-4-10-27-16)21-22-19(25)17-11-13-5-1-2-7-15(13)28-17/h4,8,10-11,14H,1-3,5-7,9,12H2,(H,21,24)(H,22,25)/t14-/m0/s1. The number of hydrogen-bond acceptors (Lipinski definition) is 5. The SMILES string of the molecule is O=C(NNC(=O)[C@H]1CCCN(C(=O)c2cccs2)C1)c1cc2c(s1)CCCC2. The van der Waals surface area contributed by atoms with Crippen molar-refractivity contribution in [2.24, 2.45) is 5.92 Å². The van der Waals surface area contributed by atoms with Crippen LogP contribution < -0.4 is 10.9 Å². The molecule has 1 fully saturated rings. The lowest BCUT2D eigenvalue weighted by molar-refractivity contribution is -0.127. The van der Waals surface area contributed by atoms with Gasteiger partial charge >= 0.3 is 0 Å². The van der Waals surface area contributed by atoms with Crippen LogP contribution in [0.5, 0.6) is 0 Å². The summed E-state index contributed by atoms with van der Waals surface area (Å²) in [6.07, 6.45) is 5.90. The number of rotatable bonds is 3. The molecule has 1 atom stereocenters. The number of amides is 3. The highest BCUT2D eigenvalue weighted by Gasteiger charge is 2.29. The average molecular weight is 418 g/mol. The Morgan fingerprint density at radius 1 is 1.07 bits per heavy atom. The van der Waals surface area contributed by atoms with Crippen LogP contribution in [-0.4, -0.2) is 35.7 Å². The topological polar surface area (TPSA) is 78.5 Å². The molecular formula is C20H23N3O3S2. The highest BCUT2D eigenvalue weighted by Crippen LogP contribution is 2.29. The molecule has 3 heterocycles. The molecule has 4 rings (SSSR count). The van der Waals surface area contributed by atoms with Gasteiger partial charge < -0.3 is 4.90 Å². The zero-order valence-corrected chi connectivity index (χ0v) is 17.2. The molecule has 1 aliphatic carbocycles. The number of aryl methyl sites for hydroxylation is 2. The molecule has 2 aromatic heterocycles. The molecule has 6 nitrogen and oxygen atoms in total. The molecule has 3 amide bonds. The van der Waals surface area contributed by atoms with Crippen molar-refractivity contribution in [1.29, 1.82) is 0 Å². The predicted molar refractivity (Wildman–Crippen MR) is 110 cm³/mol. The lowest BCUT2D eigenvalue weighted by Crippen LogP contribution is -2.49. The molecule has 0 aromatic carbocycles. The van der Waals surface area contributed by atoms with Crippen LogP contribution in [0.1, 0.15) is 55.5 Å². The van der Waals surface area contributed by atoms with Crippen molar-refractivity contribution < 1.29 is 14.4 Å². The summed E-state index contributed by atoms with van der Waals surface area (Å²) in [6.45, 7) is 1.04. The summed E-state index contributed by atoms with van der Waals surface area (Å²) in [4.78, 5) is 41.8. The molecule has 0 spiro atoms. The van der Waals surface area contributed by atoms with Crippen molar-refractivity contribution >= 4 is 40.4 Å². The lowest BCUT2D eigenvalue weighted by Gasteiger charge is -2.31. The van der Waals surface area contributed by atoms with Gasteiger partial charge in [-0.05, 0) is 61.6 Å². The molecule has 28 heavy (non-hydrogen) atoms. The van der Waals surface area contributed by atoms with Gasteiger partial charge in [0, 0.05) is 18.0 Å². The average Bonchev–Trinajstić information content (AvgIpc) is 3.41. The van der Waals surface area contributed by atoms with E-state index in [0.717, 1.165) is 19.3 Å². The highest BCUT2D eigenvalue weighted by molar-refractivity contribution is 7.14. The van der Waals surface area contributed by atoms with Crippen LogP contribution in [0.2, 0.25) is 0 Å². The van der Waals surface area contributed by atoms with E-state index in [1.165, 1.54) is 46.0 Å². The number of nitrogens with zero attached hydrogens (tertiary/aromatic N) is 1.